The minimum absolute atomic E-state index is 0.0624. The van der Waals surface area contributed by atoms with Gasteiger partial charge in [0.2, 0.25) is 10.0 Å². The molecule has 0 aliphatic carbocycles. The van der Waals surface area contributed by atoms with E-state index in [1.807, 2.05) is 0 Å². The van der Waals surface area contributed by atoms with E-state index in [-0.39, 0.29) is 16.6 Å². The molecular formula is C13H18N2O5S. The molecule has 0 spiro atoms. The Hall–Kier alpha value is -1.64. The number of carbonyl (C=O) groups is 1. The Balaban J connectivity index is 2.22. The first kappa shape index (κ1) is 15.7. The fourth-order valence-corrected chi connectivity index (χ4v) is 2.92. The zero-order chi connectivity index (χ0) is 15.5. The second kappa shape index (κ2) is 6.42. The van der Waals surface area contributed by atoms with Gasteiger partial charge >= 0.3 is 5.97 Å². The largest absolute Gasteiger partial charge is 0.478 e. The molecule has 1 aromatic rings. The Labute approximate surface area is 123 Å². The van der Waals surface area contributed by atoms with E-state index in [0.717, 1.165) is 25.5 Å². The molecule has 1 aliphatic rings. The number of anilines is 1. The fraction of sp³-hybridized carbons (Fsp3) is 0.462. The van der Waals surface area contributed by atoms with Gasteiger partial charge in [0.05, 0.1) is 16.6 Å². The number of benzene rings is 1. The molecule has 21 heavy (non-hydrogen) atoms. The molecule has 1 unspecified atom stereocenters. The summed E-state index contributed by atoms with van der Waals surface area (Å²) in [6.07, 6.45) is 1.99. The van der Waals surface area contributed by atoms with Crippen LogP contribution in [0.4, 0.5) is 5.69 Å². The summed E-state index contributed by atoms with van der Waals surface area (Å²) in [6.45, 7) is 1.22. The number of carboxylic acid groups (broad SMARTS) is 1. The Bertz CT molecular complexity index is 623. The first-order valence-corrected chi connectivity index (χ1v) is 8.08. The van der Waals surface area contributed by atoms with Gasteiger partial charge in [-0.05, 0) is 38.1 Å². The molecule has 1 aliphatic heterocycles. The second-order valence-corrected chi connectivity index (χ2v) is 6.62. The Morgan fingerprint density at radius 1 is 1.48 bits per heavy atom. The molecule has 1 heterocycles. The SMILES string of the molecule is CNS(=O)(=O)c1ccc(NCC2CCCO2)c(C(=O)O)c1. The van der Waals surface area contributed by atoms with Crippen molar-refractivity contribution in [2.45, 2.75) is 23.8 Å². The summed E-state index contributed by atoms with van der Waals surface area (Å²) in [7, 11) is -2.39. The summed E-state index contributed by atoms with van der Waals surface area (Å²) < 4.78 is 31.0. The van der Waals surface area contributed by atoms with Gasteiger partial charge in [0.1, 0.15) is 0 Å². The first-order valence-electron chi connectivity index (χ1n) is 6.60. The maximum atomic E-state index is 11.7. The lowest BCUT2D eigenvalue weighted by Gasteiger charge is -2.14. The summed E-state index contributed by atoms with van der Waals surface area (Å²) in [5, 5.41) is 12.2. The zero-order valence-corrected chi connectivity index (χ0v) is 12.4. The normalized spacial score (nSPS) is 18.6. The van der Waals surface area contributed by atoms with Crippen molar-refractivity contribution in [3.63, 3.8) is 0 Å². The Morgan fingerprint density at radius 3 is 2.81 bits per heavy atom. The van der Waals surface area contributed by atoms with E-state index < -0.39 is 16.0 Å². The van der Waals surface area contributed by atoms with Crippen LogP contribution in [0.15, 0.2) is 23.1 Å². The predicted octanol–water partition coefficient (Wildman–Crippen LogP) is 0.884. The van der Waals surface area contributed by atoms with Gasteiger partial charge in [-0.25, -0.2) is 17.9 Å². The summed E-state index contributed by atoms with van der Waals surface area (Å²) in [4.78, 5) is 11.2. The van der Waals surface area contributed by atoms with Gasteiger partial charge in [-0.15, -0.1) is 0 Å². The highest BCUT2D eigenvalue weighted by Crippen LogP contribution is 2.21. The van der Waals surface area contributed by atoms with Gasteiger partial charge in [0, 0.05) is 18.8 Å². The minimum Gasteiger partial charge on any atom is -0.478 e. The molecule has 116 valence electrons. The number of hydrogen-bond acceptors (Lipinski definition) is 5. The molecule has 1 atom stereocenters. The van der Waals surface area contributed by atoms with Crippen molar-refractivity contribution in [2.75, 3.05) is 25.5 Å². The van der Waals surface area contributed by atoms with E-state index in [1.54, 1.807) is 0 Å². The molecule has 1 fully saturated rings. The van der Waals surface area contributed by atoms with Crippen LogP contribution in [0.5, 0.6) is 0 Å². The number of ether oxygens (including phenoxy) is 1. The summed E-state index contributed by atoms with van der Waals surface area (Å²) in [6, 6.07) is 3.98. The molecule has 3 N–H and O–H groups in total. The number of hydrogen-bond donors (Lipinski definition) is 3. The third-order valence-electron chi connectivity index (χ3n) is 3.34. The van der Waals surface area contributed by atoms with Gasteiger partial charge in [0.25, 0.3) is 0 Å². The van der Waals surface area contributed by atoms with Crippen molar-refractivity contribution in [1.82, 2.24) is 4.72 Å². The average molecular weight is 314 g/mol. The standard InChI is InChI=1S/C13H18N2O5S/c1-14-21(18,19)10-4-5-12(11(7-10)13(16)17)15-8-9-3-2-6-20-9/h4-5,7,9,14-15H,2-3,6,8H2,1H3,(H,16,17). The van der Waals surface area contributed by atoms with Gasteiger partial charge in [-0.3, -0.25) is 0 Å². The molecule has 1 aromatic carbocycles. The minimum atomic E-state index is -3.67. The molecule has 8 heteroatoms. The number of sulfonamides is 1. The monoisotopic (exact) mass is 314 g/mol. The molecular weight excluding hydrogens is 296 g/mol. The number of nitrogens with one attached hydrogen (secondary N) is 2. The van der Waals surface area contributed by atoms with Crippen molar-refractivity contribution in [3.05, 3.63) is 23.8 Å². The van der Waals surface area contributed by atoms with Crippen LogP contribution in [-0.2, 0) is 14.8 Å². The van der Waals surface area contributed by atoms with Crippen LogP contribution >= 0.6 is 0 Å². The van der Waals surface area contributed by atoms with E-state index in [2.05, 4.69) is 10.0 Å². The second-order valence-electron chi connectivity index (χ2n) is 4.74. The molecule has 1 saturated heterocycles. The molecule has 0 radical (unpaired) electrons. The Morgan fingerprint density at radius 2 is 2.24 bits per heavy atom. The van der Waals surface area contributed by atoms with Crippen molar-refractivity contribution < 1.29 is 23.1 Å². The van der Waals surface area contributed by atoms with E-state index in [0.29, 0.717) is 12.2 Å². The van der Waals surface area contributed by atoms with Crippen LogP contribution in [0, 0.1) is 0 Å². The van der Waals surface area contributed by atoms with E-state index in [4.69, 9.17) is 4.74 Å². The van der Waals surface area contributed by atoms with E-state index in [1.165, 1.54) is 19.2 Å². The summed E-state index contributed by atoms with van der Waals surface area (Å²) >= 11 is 0. The highest BCUT2D eigenvalue weighted by Gasteiger charge is 2.19. The first-order chi connectivity index (χ1) is 9.94. The average Bonchev–Trinajstić information content (AvgIpc) is 2.98. The van der Waals surface area contributed by atoms with Crippen molar-refractivity contribution in [3.8, 4) is 0 Å². The molecule has 0 aromatic heterocycles. The molecule has 0 bridgehead atoms. The quantitative estimate of drug-likeness (QED) is 0.720. The van der Waals surface area contributed by atoms with Crippen LogP contribution in [0.1, 0.15) is 23.2 Å². The predicted molar refractivity (Wildman–Crippen MR) is 77.1 cm³/mol. The number of rotatable bonds is 6. The number of carboxylic acids is 1. The van der Waals surface area contributed by atoms with Crippen LogP contribution in [0.25, 0.3) is 0 Å². The van der Waals surface area contributed by atoms with E-state index in [9.17, 15) is 18.3 Å². The maximum absolute atomic E-state index is 11.7. The maximum Gasteiger partial charge on any atom is 0.337 e. The van der Waals surface area contributed by atoms with Crippen LogP contribution in [0.3, 0.4) is 0 Å². The van der Waals surface area contributed by atoms with E-state index >= 15 is 0 Å². The van der Waals surface area contributed by atoms with Crippen molar-refractivity contribution in [1.29, 1.82) is 0 Å². The molecule has 2 rings (SSSR count). The fourth-order valence-electron chi connectivity index (χ4n) is 2.17. The Kier molecular flexibility index (Phi) is 4.81. The summed E-state index contributed by atoms with van der Waals surface area (Å²) in [5.74, 6) is -1.18. The highest BCUT2D eigenvalue weighted by molar-refractivity contribution is 7.89. The van der Waals surface area contributed by atoms with Gasteiger partial charge in [-0.2, -0.15) is 0 Å². The third kappa shape index (κ3) is 3.72. The smallest absolute Gasteiger partial charge is 0.337 e. The molecule has 0 amide bonds. The lowest BCUT2D eigenvalue weighted by molar-refractivity contribution is 0.0697. The lowest BCUT2D eigenvalue weighted by atomic mass is 10.1. The number of aromatic carboxylic acids is 1. The lowest BCUT2D eigenvalue weighted by Crippen LogP contribution is -2.21. The van der Waals surface area contributed by atoms with Crippen molar-refractivity contribution in [2.24, 2.45) is 0 Å². The van der Waals surface area contributed by atoms with Gasteiger partial charge in [0.15, 0.2) is 0 Å². The van der Waals surface area contributed by atoms with Crippen molar-refractivity contribution >= 4 is 21.7 Å². The summed E-state index contributed by atoms with van der Waals surface area (Å²) in [5.41, 5.74) is 0.303. The van der Waals surface area contributed by atoms with Gasteiger partial charge in [-0.1, -0.05) is 0 Å². The highest BCUT2D eigenvalue weighted by atomic mass is 32.2. The van der Waals surface area contributed by atoms with Crippen LogP contribution < -0.4 is 10.0 Å². The van der Waals surface area contributed by atoms with Gasteiger partial charge < -0.3 is 15.2 Å². The van der Waals surface area contributed by atoms with Crippen LogP contribution in [0.2, 0.25) is 0 Å². The van der Waals surface area contributed by atoms with Crippen LogP contribution in [-0.4, -0.2) is 45.8 Å². The topological polar surface area (TPSA) is 105 Å². The third-order valence-corrected chi connectivity index (χ3v) is 4.76. The molecule has 0 saturated carbocycles. The molecule has 7 nitrogen and oxygen atoms in total. The zero-order valence-electron chi connectivity index (χ0n) is 11.6.